The summed E-state index contributed by atoms with van der Waals surface area (Å²) in [5.41, 5.74) is 3.13. The van der Waals surface area contributed by atoms with Crippen LogP contribution in [0.15, 0.2) is 42.5 Å². The van der Waals surface area contributed by atoms with Gasteiger partial charge in [-0.15, -0.1) is 0 Å². The summed E-state index contributed by atoms with van der Waals surface area (Å²) in [7, 11) is 0. The number of esters is 1. The van der Waals surface area contributed by atoms with Crippen LogP contribution in [0.2, 0.25) is 0 Å². The molecule has 1 atom stereocenters. The molecule has 1 heterocycles. The molecule has 31 heavy (non-hydrogen) atoms. The number of rotatable bonds is 7. The first-order valence-corrected chi connectivity index (χ1v) is 10.2. The van der Waals surface area contributed by atoms with Gasteiger partial charge in [-0.2, -0.15) is 0 Å². The van der Waals surface area contributed by atoms with Crippen LogP contribution in [0, 0.1) is 19.8 Å². The third kappa shape index (κ3) is 4.99. The molecule has 1 aliphatic heterocycles. The standard InChI is InChI=1S/C24H26N2O5/c1-14(2)9-20(26-22(28)18-7-5-6-8-19(18)23(26)29)24(30)31-13-21(27)25-17-11-15(3)10-16(4)12-17/h5-8,10-12,14,20H,9,13H2,1-4H3,(H,25,27)/t20-/m0/s1. The lowest BCUT2D eigenvalue weighted by atomic mass is 10.0. The van der Waals surface area contributed by atoms with E-state index in [4.69, 9.17) is 4.74 Å². The Labute approximate surface area is 181 Å². The van der Waals surface area contributed by atoms with E-state index in [-0.39, 0.29) is 23.5 Å². The largest absolute Gasteiger partial charge is 0.454 e. The lowest BCUT2D eigenvalue weighted by Gasteiger charge is -2.25. The third-order valence-corrected chi connectivity index (χ3v) is 4.95. The van der Waals surface area contributed by atoms with Gasteiger partial charge >= 0.3 is 5.97 Å². The van der Waals surface area contributed by atoms with Crippen molar-refractivity contribution in [2.24, 2.45) is 5.92 Å². The Morgan fingerprint density at radius 2 is 1.52 bits per heavy atom. The second-order valence-electron chi connectivity index (χ2n) is 8.20. The second kappa shape index (κ2) is 9.12. The van der Waals surface area contributed by atoms with E-state index in [1.54, 1.807) is 24.3 Å². The number of fused-ring (bicyclic) bond motifs is 1. The molecule has 0 saturated heterocycles. The third-order valence-electron chi connectivity index (χ3n) is 4.95. The molecule has 162 valence electrons. The number of amides is 3. The summed E-state index contributed by atoms with van der Waals surface area (Å²) in [4.78, 5) is 51.6. The summed E-state index contributed by atoms with van der Waals surface area (Å²) < 4.78 is 5.21. The lowest BCUT2D eigenvalue weighted by Crippen LogP contribution is -2.46. The molecule has 3 amide bonds. The van der Waals surface area contributed by atoms with Gasteiger partial charge in [0.25, 0.3) is 17.7 Å². The maximum atomic E-state index is 12.8. The van der Waals surface area contributed by atoms with Gasteiger partial charge < -0.3 is 10.1 Å². The van der Waals surface area contributed by atoms with Crippen molar-refractivity contribution in [1.29, 1.82) is 0 Å². The number of carbonyl (C=O) groups is 4. The number of hydrogen-bond acceptors (Lipinski definition) is 5. The van der Waals surface area contributed by atoms with Crippen LogP contribution >= 0.6 is 0 Å². The Morgan fingerprint density at radius 1 is 0.968 bits per heavy atom. The Kier molecular flexibility index (Phi) is 6.53. The number of hydrogen-bond donors (Lipinski definition) is 1. The molecule has 1 N–H and O–H groups in total. The van der Waals surface area contributed by atoms with Crippen LogP contribution in [0.25, 0.3) is 0 Å². The second-order valence-corrected chi connectivity index (χ2v) is 8.20. The number of ether oxygens (including phenoxy) is 1. The fraction of sp³-hybridized carbons (Fsp3) is 0.333. The highest BCUT2D eigenvalue weighted by molar-refractivity contribution is 6.22. The van der Waals surface area contributed by atoms with Crippen molar-refractivity contribution < 1.29 is 23.9 Å². The molecular formula is C24H26N2O5. The molecule has 0 fully saturated rings. The van der Waals surface area contributed by atoms with E-state index in [9.17, 15) is 19.2 Å². The zero-order valence-electron chi connectivity index (χ0n) is 18.1. The van der Waals surface area contributed by atoms with Gasteiger partial charge in [-0.25, -0.2) is 4.79 Å². The Bertz CT molecular complexity index is 989. The predicted octanol–water partition coefficient (Wildman–Crippen LogP) is 3.50. The van der Waals surface area contributed by atoms with Gasteiger partial charge in [0.2, 0.25) is 0 Å². The van der Waals surface area contributed by atoms with E-state index >= 15 is 0 Å². The number of imide groups is 1. The molecule has 1 aliphatic rings. The van der Waals surface area contributed by atoms with Crippen LogP contribution in [0.5, 0.6) is 0 Å². The first-order chi connectivity index (χ1) is 14.7. The number of benzene rings is 2. The molecule has 7 heteroatoms. The van der Waals surface area contributed by atoms with E-state index in [2.05, 4.69) is 5.32 Å². The summed E-state index contributed by atoms with van der Waals surface area (Å²) in [6.45, 7) is 7.09. The van der Waals surface area contributed by atoms with Crippen molar-refractivity contribution in [3.63, 3.8) is 0 Å². The maximum absolute atomic E-state index is 12.8. The number of aryl methyl sites for hydroxylation is 2. The molecule has 2 aromatic carbocycles. The van der Waals surface area contributed by atoms with Crippen molar-refractivity contribution >= 4 is 29.4 Å². The summed E-state index contributed by atoms with van der Waals surface area (Å²) in [5, 5.41) is 2.70. The predicted molar refractivity (Wildman–Crippen MR) is 116 cm³/mol. The first kappa shape index (κ1) is 22.2. The fourth-order valence-corrected chi connectivity index (χ4v) is 3.72. The van der Waals surface area contributed by atoms with Gasteiger partial charge in [-0.3, -0.25) is 19.3 Å². The Morgan fingerprint density at radius 3 is 2.03 bits per heavy atom. The molecular weight excluding hydrogens is 396 g/mol. The highest BCUT2D eigenvalue weighted by Crippen LogP contribution is 2.27. The number of carbonyl (C=O) groups excluding carboxylic acids is 4. The molecule has 0 spiro atoms. The first-order valence-electron chi connectivity index (χ1n) is 10.2. The zero-order chi connectivity index (χ0) is 22.7. The van der Waals surface area contributed by atoms with Crippen molar-refractivity contribution in [2.75, 3.05) is 11.9 Å². The summed E-state index contributed by atoms with van der Waals surface area (Å²) in [6, 6.07) is 11.0. The van der Waals surface area contributed by atoms with E-state index < -0.39 is 36.3 Å². The molecule has 0 bridgehead atoms. The van der Waals surface area contributed by atoms with Crippen molar-refractivity contribution in [3.05, 3.63) is 64.7 Å². The fourth-order valence-electron chi connectivity index (χ4n) is 3.72. The molecule has 7 nitrogen and oxygen atoms in total. The molecule has 2 aromatic rings. The number of nitrogens with one attached hydrogen (secondary N) is 1. The highest BCUT2D eigenvalue weighted by Gasteiger charge is 2.43. The van der Waals surface area contributed by atoms with Crippen LogP contribution in [0.1, 0.15) is 52.1 Å². The molecule has 0 radical (unpaired) electrons. The maximum Gasteiger partial charge on any atom is 0.329 e. The normalized spacial score (nSPS) is 13.9. The molecule has 0 unspecified atom stereocenters. The van der Waals surface area contributed by atoms with Gasteiger partial charge in [0, 0.05) is 5.69 Å². The SMILES string of the molecule is Cc1cc(C)cc(NC(=O)COC(=O)[C@H](CC(C)C)N2C(=O)c3ccccc3C2=O)c1. The minimum atomic E-state index is -1.10. The van der Waals surface area contributed by atoms with Crippen LogP contribution < -0.4 is 5.32 Å². The average molecular weight is 422 g/mol. The smallest absolute Gasteiger partial charge is 0.329 e. The van der Waals surface area contributed by atoms with Gasteiger partial charge in [0.15, 0.2) is 6.61 Å². The van der Waals surface area contributed by atoms with Crippen molar-refractivity contribution in [1.82, 2.24) is 4.90 Å². The number of anilines is 1. The topological polar surface area (TPSA) is 92.8 Å². The van der Waals surface area contributed by atoms with Gasteiger partial charge in [0.1, 0.15) is 6.04 Å². The lowest BCUT2D eigenvalue weighted by molar-refractivity contribution is -0.151. The summed E-state index contributed by atoms with van der Waals surface area (Å²) in [5.74, 6) is -2.31. The zero-order valence-corrected chi connectivity index (χ0v) is 18.1. The van der Waals surface area contributed by atoms with E-state index in [1.165, 1.54) is 0 Å². The molecule has 0 saturated carbocycles. The van der Waals surface area contributed by atoms with E-state index in [0.29, 0.717) is 5.69 Å². The van der Waals surface area contributed by atoms with Crippen LogP contribution in [0.4, 0.5) is 5.69 Å². The van der Waals surface area contributed by atoms with Crippen LogP contribution in [-0.4, -0.2) is 41.2 Å². The van der Waals surface area contributed by atoms with E-state index in [0.717, 1.165) is 16.0 Å². The van der Waals surface area contributed by atoms with Crippen molar-refractivity contribution in [3.8, 4) is 0 Å². The average Bonchev–Trinajstić information content (AvgIpc) is 2.94. The minimum absolute atomic E-state index is 0.0194. The van der Waals surface area contributed by atoms with Gasteiger partial charge in [0.05, 0.1) is 11.1 Å². The van der Waals surface area contributed by atoms with E-state index in [1.807, 2.05) is 45.9 Å². The van der Waals surface area contributed by atoms with Crippen molar-refractivity contribution in [2.45, 2.75) is 40.2 Å². The monoisotopic (exact) mass is 422 g/mol. The highest BCUT2D eigenvalue weighted by atomic mass is 16.5. The van der Waals surface area contributed by atoms with Crippen LogP contribution in [0.3, 0.4) is 0 Å². The van der Waals surface area contributed by atoms with Gasteiger partial charge in [-0.05, 0) is 61.6 Å². The van der Waals surface area contributed by atoms with Crippen LogP contribution in [-0.2, 0) is 14.3 Å². The molecule has 0 aliphatic carbocycles. The Hall–Kier alpha value is -3.48. The molecule has 3 rings (SSSR count). The van der Waals surface area contributed by atoms with Gasteiger partial charge in [-0.1, -0.05) is 32.0 Å². The molecule has 0 aromatic heterocycles. The quantitative estimate of drug-likeness (QED) is 0.545. The number of nitrogens with zero attached hydrogens (tertiary/aromatic N) is 1. The minimum Gasteiger partial charge on any atom is -0.454 e. The summed E-state index contributed by atoms with van der Waals surface area (Å²) >= 11 is 0. The summed E-state index contributed by atoms with van der Waals surface area (Å²) in [6.07, 6.45) is 0.239. The Balaban J connectivity index is 1.70.